The van der Waals surface area contributed by atoms with Crippen LogP contribution in [0.2, 0.25) is 0 Å². The molecule has 2 heterocycles. The van der Waals surface area contributed by atoms with Crippen LogP contribution in [-0.2, 0) is 11.3 Å². The fraction of sp³-hybridized carbons (Fsp3) is 0.571. The Morgan fingerprint density at radius 1 is 1.29 bits per heavy atom. The average molecular weight is 232 g/mol. The molecular weight excluding hydrogens is 212 g/mol. The van der Waals surface area contributed by atoms with E-state index < -0.39 is 0 Å². The van der Waals surface area contributed by atoms with Gasteiger partial charge in [-0.1, -0.05) is 12.1 Å². The van der Waals surface area contributed by atoms with E-state index in [4.69, 9.17) is 10.5 Å². The quantitative estimate of drug-likeness (QED) is 0.792. The number of nitrogens with two attached hydrogens (primary N) is 1. The van der Waals surface area contributed by atoms with E-state index in [1.165, 1.54) is 24.0 Å². The van der Waals surface area contributed by atoms with Gasteiger partial charge in [0.15, 0.2) is 0 Å². The second-order valence-corrected chi connectivity index (χ2v) is 5.28. The number of ether oxygens (including phenoxy) is 1. The molecule has 3 rings (SSSR count). The van der Waals surface area contributed by atoms with Crippen molar-refractivity contribution in [3.63, 3.8) is 0 Å². The van der Waals surface area contributed by atoms with Gasteiger partial charge in [0, 0.05) is 25.3 Å². The number of hydrogen-bond donors (Lipinski definition) is 1. The van der Waals surface area contributed by atoms with Crippen molar-refractivity contribution < 1.29 is 4.74 Å². The Balaban J connectivity index is 1.72. The molecule has 0 amide bonds. The lowest BCUT2D eigenvalue weighted by molar-refractivity contribution is -0.0411. The minimum absolute atomic E-state index is 0.468. The SMILES string of the molecule is Cc1c(N)cccc1CN1CC2CCC(C1)O2. The fourth-order valence-electron chi connectivity index (χ4n) is 2.94. The van der Waals surface area contributed by atoms with Gasteiger partial charge in [0.05, 0.1) is 12.2 Å². The molecule has 2 fully saturated rings. The Morgan fingerprint density at radius 3 is 2.71 bits per heavy atom. The van der Waals surface area contributed by atoms with E-state index >= 15 is 0 Å². The van der Waals surface area contributed by atoms with Crippen LogP contribution in [0.1, 0.15) is 24.0 Å². The number of morpholine rings is 1. The molecule has 0 spiro atoms. The number of rotatable bonds is 2. The molecule has 1 aromatic carbocycles. The van der Waals surface area contributed by atoms with E-state index in [1.54, 1.807) is 0 Å². The van der Waals surface area contributed by atoms with Gasteiger partial charge in [0.1, 0.15) is 0 Å². The minimum atomic E-state index is 0.468. The lowest BCUT2D eigenvalue weighted by atomic mass is 10.1. The second-order valence-electron chi connectivity index (χ2n) is 5.28. The molecule has 0 aliphatic carbocycles. The van der Waals surface area contributed by atoms with Crippen LogP contribution in [0.25, 0.3) is 0 Å². The van der Waals surface area contributed by atoms with Gasteiger partial charge in [-0.25, -0.2) is 0 Å². The Labute approximate surface area is 103 Å². The third-order valence-electron chi connectivity index (χ3n) is 4.00. The van der Waals surface area contributed by atoms with Crippen molar-refractivity contribution in [2.24, 2.45) is 0 Å². The van der Waals surface area contributed by atoms with E-state index in [0.717, 1.165) is 25.3 Å². The van der Waals surface area contributed by atoms with E-state index in [9.17, 15) is 0 Å². The summed E-state index contributed by atoms with van der Waals surface area (Å²) >= 11 is 0. The molecule has 1 aromatic rings. The van der Waals surface area contributed by atoms with Gasteiger partial charge < -0.3 is 10.5 Å². The molecule has 3 heteroatoms. The van der Waals surface area contributed by atoms with Crippen LogP contribution in [0.15, 0.2) is 18.2 Å². The number of hydrogen-bond acceptors (Lipinski definition) is 3. The summed E-state index contributed by atoms with van der Waals surface area (Å²) in [7, 11) is 0. The highest BCUT2D eigenvalue weighted by atomic mass is 16.5. The highest BCUT2D eigenvalue weighted by Crippen LogP contribution is 2.28. The van der Waals surface area contributed by atoms with Gasteiger partial charge in [-0.05, 0) is 37.0 Å². The zero-order valence-electron chi connectivity index (χ0n) is 10.4. The normalized spacial score (nSPS) is 28.5. The number of nitrogen functional groups attached to an aromatic ring is 1. The monoisotopic (exact) mass is 232 g/mol. The van der Waals surface area contributed by atoms with Crippen LogP contribution in [0.3, 0.4) is 0 Å². The van der Waals surface area contributed by atoms with Crippen molar-refractivity contribution >= 4 is 5.69 Å². The molecule has 17 heavy (non-hydrogen) atoms. The van der Waals surface area contributed by atoms with E-state index in [1.807, 2.05) is 12.1 Å². The molecule has 0 radical (unpaired) electrons. The predicted octanol–water partition coefficient (Wildman–Crippen LogP) is 1.94. The smallest absolute Gasteiger partial charge is 0.0707 e. The number of benzene rings is 1. The summed E-state index contributed by atoms with van der Waals surface area (Å²) in [4.78, 5) is 2.51. The number of nitrogens with zero attached hydrogens (tertiary/aromatic N) is 1. The summed E-state index contributed by atoms with van der Waals surface area (Å²) in [6, 6.07) is 6.21. The highest BCUT2D eigenvalue weighted by Gasteiger charge is 2.33. The van der Waals surface area contributed by atoms with Gasteiger partial charge in [0.25, 0.3) is 0 Å². The van der Waals surface area contributed by atoms with Crippen molar-refractivity contribution in [2.75, 3.05) is 18.8 Å². The van der Waals surface area contributed by atoms with Crippen molar-refractivity contribution in [2.45, 2.75) is 38.5 Å². The van der Waals surface area contributed by atoms with Gasteiger partial charge in [0.2, 0.25) is 0 Å². The molecule has 0 aromatic heterocycles. The average Bonchev–Trinajstić information content (AvgIpc) is 2.65. The molecular formula is C14H20N2O. The number of anilines is 1. The van der Waals surface area contributed by atoms with E-state index in [2.05, 4.69) is 17.9 Å². The summed E-state index contributed by atoms with van der Waals surface area (Å²) in [6.45, 7) is 5.27. The molecule has 92 valence electrons. The number of fused-ring (bicyclic) bond motifs is 2. The maximum Gasteiger partial charge on any atom is 0.0707 e. The molecule has 2 saturated heterocycles. The topological polar surface area (TPSA) is 38.5 Å². The van der Waals surface area contributed by atoms with Crippen molar-refractivity contribution in [3.05, 3.63) is 29.3 Å². The zero-order chi connectivity index (χ0) is 11.8. The molecule has 2 atom stereocenters. The van der Waals surface area contributed by atoms with Gasteiger partial charge in [-0.3, -0.25) is 4.90 Å². The molecule has 2 aliphatic rings. The van der Waals surface area contributed by atoms with Crippen LogP contribution in [0, 0.1) is 6.92 Å². The first-order valence-corrected chi connectivity index (χ1v) is 6.44. The molecule has 3 nitrogen and oxygen atoms in total. The molecule has 2 bridgehead atoms. The van der Waals surface area contributed by atoms with Crippen LogP contribution in [0.4, 0.5) is 5.69 Å². The molecule has 0 saturated carbocycles. The van der Waals surface area contributed by atoms with E-state index in [0.29, 0.717) is 12.2 Å². The Morgan fingerprint density at radius 2 is 2.00 bits per heavy atom. The van der Waals surface area contributed by atoms with Crippen LogP contribution in [-0.4, -0.2) is 30.2 Å². The molecule has 2 aliphatic heterocycles. The Kier molecular flexibility index (Phi) is 2.81. The summed E-state index contributed by atoms with van der Waals surface area (Å²) in [5, 5.41) is 0. The Hall–Kier alpha value is -1.06. The summed E-state index contributed by atoms with van der Waals surface area (Å²) < 4.78 is 5.85. The third kappa shape index (κ3) is 2.17. The standard InChI is InChI=1S/C14H20N2O/c1-10-11(3-2-4-14(10)15)7-16-8-12-5-6-13(9-16)17-12/h2-4,12-13H,5-9,15H2,1H3. The van der Waals surface area contributed by atoms with Crippen molar-refractivity contribution in [1.29, 1.82) is 0 Å². The molecule has 2 N–H and O–H groups in total. The zero-order valence-corrected chi connectivity index (χ0v) is 10.4. The highest BCUT2D eigenvalue weighted by molar-refractivity contribution is 5.49. The van der Waals surface area contributed by atoms with Crippen molar-refractivity contribution in [1.82, 2.24) is 4.90 Å². The van der Waals surface area contributed by atoms with Gasteiger partial charge in [-0.2, -0.15) is 0 Å². The predicted molar refractivity (Wildman–Crippen MR) is 68.8 cm³/mol. The van der Waals surface area contributed by atoms with E-state index in [-0.39, 0.29) is 0 Å². The first-order chi connectivity index (χ1) is 8.22. The Bertz CT molecular complexity index is 407. The van der Waals surface area contributed by atoms with Gasteiger partial charge in [-0.15, -0.1) is 0 Å². The first kappa shape index (κ1) is 11.1. The lowest BCUT2D eigenvalue weighted by Crippen LogP contribution is -2.42. The molecule has 2 unspecified atom stereocenters. The minimum Gasteiger partial charge on any atom is -0.399 e. The van der Waals surface area contributed by atoms with Crippen LogP contribution >= 0.6 is 0 Å². The summed E-state index contributed by atoms with van der Waals surface area (Å²) in [5.74, 6) is 0. The summed E-state index contributed by atoms with van der Waals surface area (Å²) in [5.41, 5.74) is 9.43. The van der Waals surface area contributed by atoms with Crippen LogP contribution < -0.4 is 5.73 Å². The first-order valence-electron chi connectivity index (χ1n) is 6.44. The van der Waals surface area contributed by atoms with Crippen molar-refractivity contribution in [3.8, 4) is 0 Å². The second kappa shape index (κ2) is 4.31. The lowest BCUT2D eigenvalue weighted by Gasteiger charge is -2.32. The summed E-state index contributed by atoms with van der Waals surface area (Å²) in [6.07, 6.45) is 3.40. The van der Waals surface area contributed by atoms with Gasteiger partial charge >= 0.3 is 0 Å². The fourth-order valence-corrected chi connectivity index (χ4v) is 2.94. The largest absolute Gasteiger partial charge is 0.399 e. The maximum atomic E-state index is 5.95. The number of likely N-dealkylation sites (tertiary alicyclic amines) is 1. The maximum absolute atomic E-state index is 5.95. The third-order valence-corrected chi connectivity index (χ3v) is 4.00. The van der Waals surface area contributed by atoms with Crippen LogP contribution in [0.5, 0.6) is 0 Å².